The molecular weight excluding hydrogens is 344 g/mol. The van der Waals surface area contributed by atoms with Crippen molar-refractivity contribution in [2.24, 2.45) is 0 Å². The normalized spacial score (nSPS) is 11.9. The van der Waals surface area contributed by atoms with Gasteiger partial charge in [0.15, 0.2) is 0 Å². The van der Waals surface area contributed by atoms with Gasteiger partial charge in [0.1, 0.15) is 0 Å². The summed E-state index contributed by atoms with van der Waals surface area (Å²) in [5.74, 6) is 0. The number of allylic oxidation sites excluding steroid dienone is 4. The minimum absolute atomic E-state index is 1.18. The van der Waals surface area contributed by atoms with Crippen molar-refractivity contribution >= 4 is 15.9 Å². The van der Waals surface area contributed by atoms with Gasteiger partial charge in [-0.25, -0.2) is 0 Å². The van der Waals surface area contributed by atoms with Gasteiger partial charge < -0.3 is 0 Å². The summed E-state index contributed by atoms with van der Waals surface area (Å²) in [6, 6.07) is 0. The summed E-state index contributed by atoms with van der Waals surface area (Å²) >= 11 is 3.50. The lowest BCUT2D eigenvalue weighted by molar-refractivity contribution is 0.545. The lowest BCUT2D eigenvalue weighted by Crippen LogP contribution is -1.83. The minimum atomic E-state index is 1.18. The van der Waals surface area contributed by atoms with Gasteiger partial charge >= 0.3 is 0 Å². The number of halogens is 1. The van der Waals surface area contributed by atoms with E-state index in [9.17, 15) is 0 Å². The van der Waals surface area contributed by atoms with E-state index in [1.165, 1.54) is 108 Å². The number of hydrogen-bond donors (Lipinski definition) is 0. The summed E-state index contributed by atoms with van der Waals surface area (Å²) in [5, 5.41) is 1.18. The van der Waals surface area contributed by atoms with E-state index in [0.717, 1.165) is 0 Å². The average Bonchev–Trinajstić information content (AvgIpc) is 2.57. The third-order valence-electron chi connectivity index (χ3n) is 4.36. The van der Waals surface area contributed by atoms with Crippen LogP contribution in [-0.4, -0.2) is 5.33 Å². The van der Waals surface area contributed by atoms with E-state index in [0.29, 0.717) is 0 Å². The second-order valence-corrected chi connectivity index (χ2v) is 7.51. The molecule has 0 aliphatic carbocycles. The van der Waals surface area contributed by atoms with Crippen molar-refractivity contribution in [3.05, 3.63) is 24.3 Å². The lowest BCUT2D eigenvalue weighted by Gasteiger charge is -2.02. The molecule has 0 aromatic rings. The summed E-state index contributed by atoms with van der Waals surface area (Å²) in [5.41, 5.74) is 0. The van der Waals surface area contributed by atoms with Crippen LogP contribution in [0.1, 0.15) is 110 Å². The van der Waals surface area contributed by atoms with Crippen molar-refractivity contribution in [2.45, 2.75) is 110 Å². The fourth-order valence-corrected chi connectivity index (χ4v) is 3.19. The highest BCUT2D eigenvalue weighted by atomic mass is 79.9. The Morgan fingerprint density at radius 3 is 1.35 bits per heavy atom. The molecule has 0 radical (unpaired) electrons. The molecule has 23 heavy (non-hydrogen) atoms. The third kappa shape index (κ3) is 22.0. The Bertz CT molecular complexity index is 255. The third-order valence-corrected chi connectivity index (χ3v) is 4.92. The van der Waals surface area contributed by atoms with Crippen LogP contribution in [0.5, 0.6) is 0 Å². The molecule has 0 unspecified atom stereocenters. The highest BCUT2D eigenvalue weighted by Crippen LogP contribution is 2.12. The van der Waals surface area contributed by atoms with Crippen LogP contribution in [0.15, 0.2) is 24.3 Å². The Hall–Kier alpha value is -0.0400. The zero-order valence-electron chi connectivity index (χ0n) is 15.7. The maximum Gasteiger partial charge on any atom is 0.00313 e. The monoisotopic (exact) mass is 384 g/mol. The molecular formula is C22H41Br. The molecule has 0 heterocycles. The first-order chi connectivity index (χ1) is 11.4. The molecule has 0 nitrogen and oxygen atoms in total. The van der Waals surface area contributed by atoms with Crippen LogP contribution in [0.3, 0.4) is 0 Å². The first kappa shape index (κ1) is 23.0. The molecule has 0 aromatic carbocycles. The summed E-state index contributed by atoms with van der Waals surface area (Å²) in [7, 11) is 0. The van der Waals surface area contributed by atoms with Gasteiger partial charge in [-0.3, -0.25) is 0 Å². The molecule has 0 N–H and O–H groups in total. The first-order valence-corrected chi connectivity index (χ1v) is 11.4. The Labute approximate surface area is 155 Å². The van der Waals surface area contributed by atoms with Crippen molar-refractivity contribution in [1.29, 1.82) is 0 Å². The number of alkyl halides is 1. The van der Waals surface area contributed by atoms with E-state index in [1.54, 1.807) is 0 Å². The predicted molar refractivity (Wildman–Crippen MR) is 112 cm³/mol. The number of unbranched alkanes of at least 4 members (excludes halogenated alkanes) is 14. The van der Waals surface area contributed by atoms with Gasteiger partial charge in [-0.2, -0.15) is 0 Å². The van der Waals surface area contributed by atoms with Crippen LogP contribution in [0.25, 0.3) is 0 Å². The summed E-state index contributed by atoms with van der Waals surface area (Å²) in [6.07, 6.45) is 31.3. The van der Waals surface area contributed by atoms with E-state index in [1.807, 2.05) is 0 Å². The van der Waals surface area contributed by atoms with E-state index in [4.69, 9.17) is 0 Å². The van der Waals surface area contributed by atoms with Crippen LogP contribution >= 0.6 is 15.9 Å². The van der Waals surface area contributed by atoms with Gasteiger partial charge in [-0.05, 0) is 25.7 Å². The van der Waals surface area contributed by atoms with E-state index >= 15 is 0 Å². The predicted octanol–water partition coefficient (Wildman–Crippen LogP) is 8.76. The molecule has 0 spiro atoms. The molecule has 0 rings (SSSR count). The van der Waals surface area contributed by atoms with E-state index < -0.39 is 0 Å². The van der Waals surface area contributed by atoms with Crippen LogP contribution in [-0.2, 0) is 0 Å². The van der Waals surface area contributed by atoms with Gasteiger partial charge in [-0.15, -0.1) is 0 Å². The molecule has 136 valence electrons. The molecule has 0 aliphatic rings. The average molecular weight is 385 g/mol. The molecule has 0 amide bonds. The van der Waals surface area contributed by atoms with Crippen LogP contribution in [0.4, 0.5) is 0 Å². The van der Waals surface area contributed by atoms with Crippen molar-refractivity contribution in [1.82, 2.24) is 0 Å². The zero-order chi connectivity index (χ0) is 16.8. The van der Waals surface area contributed by atoms with Crippen LogP contribution < -0.4 is 0 Å². The quantitative estimate of drug-likeness (QED) is 0.126. The minimum Gasteiger partial charge on any atom is -0.0928 e. The van der Waals surface area contributed by atoms with E-state index in [-0.39, 0.29) is 0 Å². The molecule has 0 atom stereocenters. The maximum absolute atomic E-state index is 3.50. The Balaban J connectivity index is 3.07. The second-order valence-electron chi connectivity index (χ2n) is 6.72. The van der Waals surface area contributed by atoms with Gasteiger partial charge in [0.05, 0.1) is 0 Å². The van der Waals surface area contributed by atoms with Crippen molar-refractivity contribution in [2.75, 3.05) is 5.33 Å². The molecule has 0 aromatic heterocycles. The molecule has 0 saturated heterocycles. The SMILES string of the molecule is CCCC/C=C\C=C\CCCCCCCCCCCCCCBr. The van der Waals surface area contributed by atoms with Crippen LogP contribution in [0.2, 0.25) is 0 Å². The van der Waals surface area contributed by atoms with Crippen LogP contribution in [0, 0.1) is 0 Å². The Kier molecular flexibility index (Phi) is 21.9. The first-order valence-electron chi connectivity index (χ1n) is 10.3. The second kappa shape index (κ2) is 22.0. The number of hydrogen-bond acceptors (Lipinski definition) is 0. The fourth-order valence-electron chi connectivity index (χ4n) is 2.80. The van der Waals surface area contributed by atoms with Gasteiger partial charge in [0.2, 0.25) is 0 Å². The smallest absolute Gasteiger partial charge is 0.00313 e. The standard InChI is InChI=1S/C22H41Br/c1-2-3-4-5-6-7-8-9-10-11-12-13-14-15-16-17-18-19-20-21-22-23/h5-8H,2-4,9-22H2,1H3/b6-5-,8-7+. The fraction of sp³-hybridized carbons (Fsp3) is 0.818. The highest BCUT2D eigenvalue weighted by molar-refractivity contribution is 9.09. The topological polar surface area (TPSA) is 0 Å². The molecule has 0 saturated carbocycles. The van der Waals surface area contributed by atoms with Gasteiger partial charge in [0, 0.05) is 5.33 Å². The van der Waals surface area contributed by atoms with Gasteiger partial charge in [0.25, 0.3) is 0 Å². The van der Waals surface area contributed by atoms with Crippen molar-refractivity contribution in [3.63, 3.8) is 0 Å². The largest absolute Gasteiger partial charge is 0.0928 e. The maximum atomic E-state index is 3.50. The lowest BCUT2D eigenvalue weighted by atomic mass is 10.0. The molecule has 0 aliphatic heterocycles. The Morgan fingerprint density at radius 2 is 0.913 bits per heavy atom. The van der Waals surface area contributed by atoms with Crippen molar-refractivity contribution < 1.29 is 0 Å². The molecule has 1 heteroatoms. The summed E-state index contributed by atoms with van der Waals surface area (Å²) in [4.78, 5) is 0. The van der Waals surface area contributed by atoms with Crippen molar-refractivity contribution in [3.8, 4) is 0 Å². The Morgan fingerprint density at radius 1 is 0.522 bits per heavy atom. The number of rotatable bonds is 18. The van der Waals surface area contributed by atoms with E-state index in [2.05, 4.69) is 47.2 Å². The zero-order valence-corrected chi connectivity index (χ0v) is 17.3. The van der Waals surface area contributed by atoms with Gasteiger partial charge in [-0.1, -0.05) is 124 Å². The molecule has 0 fully saturated rings. The highest BCUT2D eigenvalue weighted by Gasteiger charge is 1.93. The summed E-state index contributed by atoms with van der Waals surface area (Å²) < 4.78 is 0. The molecule has 0 bridgehead atoms. The summed E-state index contributed by atoms with van der Waals surface area (Å²) in [6.45, 7) is 2.25.